The molecule has 0 aromatic heterocycles. The second kappa shape index (κ2) is 9.14. The van der Waals surface area contributed by atoms with E-state index >= 15 is 0 Å². The lowest BCUT2D eigenvalue weighted by Crippen LogP contribution is -2.22. The minimum absolute atomic E-state index is 0.110. The summed E-state index contributed by atoms with van der Waals surface area (Å²) in [4.78, 5) is 25.9. The molecule has 0 bridgehead atoms. The van der Waals surface area contributed by atoms with Crippen molar-refractivity contribution in [3.63, 3.8) is 0 Å². The lowest BCUT2D eigenvalue weighted by atomic mass is 10.1. The molecule has 1 unspecified atom stereocenters. The van der Waals surface area contributed by atoms with E-state index in [1.54, 1.807) is 24.3 Å². The highest BCUT2D eigenvalue weighted by Gasteiger charge is 2.18. The van der Waals surface area contributed by atoms with Crippen molar-refractivity contribution in [3.05, 3.63) is 77.9 Å². The first-order valence-corrected chi connectivity index (χ1v) is 10.7. The summed E-state index contributed by atoms with van der Waals surface area (Å²) >= 11 is 1.44. The molecule has 158 valence electrons. The minimum atomic E-state index is -0.308. The number of rotatable bonds is 6. The Morgan fingerprint density at radius 3 is 2.39 bits per heavy atom. The summed E-state index contributed by atoms with van der Waals surface area (Å²) in [5.74, 6) is 1.05. The summed E-state index contributed by atoms with van der Waals surface area (Å²) in [6.07, 6.45) is 0. The van der Waals surface area contributed by atoms with Crippen LogP contribution in [-0.4, -0.2) is 23.9 Å². The molecule has 3 aromatic carbocycles. The molecule has 0 saturated carbocycles. The maximum Gasteiger partial charge on any atom is 0.255 e. The van der Waals surface area contributed by atoms with Gasteiger partial charge in [0.05, 0.1) is 5.25 Å². The van der Waals surface area contributed by atoms with Crippen LogP contribution < -0.4 is 20.1 Å². The van der Waals surface area contributed by atoms with Gasteiger partial charge in [-0.15, -0.1) is 11.8 Å². The molecule has 0 fully saturated rings. The summed E-state index contributed by atoms with van der Waals surface area (Å²) in [7, 11) is 0. The Kier molecular flexibility index (Phi) is 6.13. The molecule has 6 nitrogen and oxygen atoms in total. The van der Waals surface area contributed by atoms with E-state index in [0.717, 1.165) is 10.5 Å². The molecule has 1 aliphatic rings. The smallest absolute Gasteiger partial charge is 0.255 e. The first-order valence-electron chi connectivity index (χ1n) is 9.84. The third-order valence-electron chi connectivity index (χ3n) is 4.82. The van der Waals surface area contributed by atoms with E-state index < -0.39 is 0 Å². The van der Waals surface area contributed by atoms with Crippen molar-refractivity contribution < 1.29 is 19.1 Å². The van der Waals surface area contributed by atoms with Crippen molar-refractivity contribution in [2.24, 2.45) is 0 Å². The Labute approximate surface area is 185 Å². The van der Waals surface area contributed by atoms with Gasteiger partial charge in [-0.2, -0.15) is 0 Å². The normalized spacial score (nSPS) is 12.8. The Hall–Kier alpha value is -3.45. The van der Waals surface area contributed by atoms with Crippen LogP contribution in [0.5, 0.6) is 11.5 Å². The van der Waals surface area contributed by atoms with Gasteiger partial charge in [0.1, 0.15) is 0 Å². The van der Waals surface area contributed by atoms with E-state index in [1.807, 2.05) is 56.3 Å². The van der Waals surface area contributed by atoms with Gasteiger partial charge in [0.15, 0.2) is 11.5 Å². The predicted octanol–water partition coefficient (Wildman–Crippen LogP) is 5.10. The van der Waals surface area contributed by atoms with Crippen LogP contribution in [0.25, 0.3) is 0 Å². The van der Waals surface area contributed by atoms with Gasteiger partial charge in [0, 0.05) is 27.9 Å². The second-order valence-corrected chi connectivity index (χ2v) is 8.53. The molecule has 0 aliphatic carbocycles. The number of ether oxygens (including phenoxy) is 2. The van der Waals surface area contributed by atoms with Crippen LogP contribution >= 0.6 is 11.8 Å². The molecule has 2 N–H and O–H groups in total. The quantitative estimate of drug-likeness (QED) is 0.528. The number of aryl methyl sites for hydroxylation is 1. The number of hydrogen-bond donors (Lipinski definition) is 2. The fourth-order valence-electron chi connectivity index (χ4n) is 3.12. The van der Waals surface area contributed by atoms with Gasteiger partial charge in [-0.05, 0) is 61.9 Å². The maximum atomic E-state index is 12.6. The number of thioether (sulfide) groups is 1. The average Bonchev–Trinajstić information content (AvgIpc) is 3.23. The van der Waals surface area contributed by atoms with Crippen molar-refractivity contribution in [2.45, 2.75) is 24.0 Å². The lowest BCUT2D eigenvalue weighted by molar-refractivity contribution is -0.115. The molecule has 0 radical (unpaired) electrons. The molecule has 1 heterocycles. The molecule has 0 saturated heterocycles. The fourth-order valence-corrected chi connectivity index (χ4v) is 3.99. The van der Waals surface area contributed by atoms with E-state index in [1.165, 1.54) is 11.8 Å². The fraction of sp³-hybridized carbons (Fsp3) is 0.167. The molecule has 4 rings (SSSR count). The highest BCUT2D eigenvalue weighted by molar-refractivity contribution is 8.00. The summed E-state index contributed by atoms with van der Waals surface area (Å²) < 4.78 is 10.6. The Morgan fingerprint density at radius 2 is 1.61 bits per heavy atom. The first-order chi connectivity index (χ1) is 15.0. The van der Waals surface area contributed by atoms with Crippen LogP contribution in [0.4, 0.5) is 11.4 Å². The lowest BCUT2D eigenvalue weighted by Gasteiger charge is -2.13. The van der Waals surface area contributed by atoms with Gasteiger partial charge in [-0.1, -0.05) is 18.2 Å². The van der Waals surface area contributed by atoms with Crippen LogP contribution in [0.1, 0.15) is 22.8 Å². The van der Waals surface area contributed by atoms with Gasteiger partial charge in [-0.3, -0.25) is 9.59 Å². The van der Waals surface area contributed by atoms with Gasteiger partial charge >= 0.3 is 0 Å². The molecule has 0 spiro atoms. The van der Waals surface area contributed by atoms with Crippen LogP contribution in [-0.2, 0) is 4.79 Å². The van der Waals surface area contributed by atoms with Crippen LogP contribution in [0.3, 0.4) is 0 Å². The van der Waals surface area contributed by atoms with Crippen LogP contribution in [0.2, 0.25) is 0 Å². The highest BCUT2D eigenvalue weighted by atomic mass is 32.2. The van der Waals surface area contributed by atoms with Gasteiger partial charge in [-0.25, -0.2) is 0 Å². The summed E-state index contributed by atoms with van der Waals surface area (Å²) in [6.45, 7) is 3.95. The van der Waals surface area contributed by atoms with Gasteiger partial charge in [0.2, 0.25) is 12.7 Å². The average molecular weight is 435 g/mol. The zero-order valence-corrected chi connectivity index (χ0v) is 18.0. The second-order valence-electron chi connectivity index (χ2n) is 7.11. The van der Waals surface area contributed by atoms with E-state index in [2.05, 4.69) is 10.6 Å². The van der Waals surface area contributed by atoms with Crippen LogP contribution in [0, 0.1) is 6.92 Å². The predicted molar refractivity (Wildman–Crippen MR) is 122 cm³/mol. The molecule has 1 atom stereocenters. The number of amides is 2. The first kappa shape index (κ1) is 20.8. The zero-order valence-electron chi connectivity index (χ0n) is 17.2. The third-order valence-corrected chi connectivity index (χ3v) is 5.94. The number of carbonyl (C=O) groups excluding carboxylic acids is 2. The van der Waals surface area contributed by atoms with Crippen LogP contribution in [0.15, 0.2) is 71.6 Å². The number of nitrogens with one attached hydrogen (secondary N) is 2. The SMILES string of the molecule is Cc1ccccc1C(=O)Nc1ccc(SC(C)C(=O)Nc2ccc3c(c2)OCO3)cc1. The van der Waals surface area contributed by atoms with Crippen molar-refractivity contribution in [2.75, 3.05) is 17.4 Å². The Balaban J connectivity index is 1.33. The number of benzene rings is 3. The summed E-state index contributed by atoms with van der Waals surface area (Å²) in [5.41, 5.74) is 2.94. The third kappa shape index (κ3) is 5.00. The largest absolute Gasteiger partial charge is 0.454 e. The Morgan fingerprint density at radius 1 is 0.903 bits per heavy atom. The number of fused-ring (bicyclic) bond motifs is 1. The monoisotopic (exact) mass is 434 g/mol. The standard InChI is InChI=1S/C24H22N2O4S/c1-15-5-3-4-6-20(15)24(28)25-17-7-10-19(11-8-17)31-16(2)23(27)26-18-9-12-21-22(13-18)30-14-29-21/h3-13,16H,14H2,1-2H3,(H,25,28)(H,26,27). The zero-order chi connectivity index (χ0) is 21.8. The van der Waals surface area contributed by atoms with E-state index in [9.17, 15) is 9.59 Å². The highest BCUT2D eigenvalue weighted by Crippen LogP contribution is 2.34. The number of hydrogen-bond acceptors (Lipinski definition) is 5. The maximum absolute atomic E-state index is 12.6. The molecule has 7 heteroatoms. The minimum Gasteiger partial charge on any atom is -0.454 e. The molecule has 2 amide bonds. The number of anilines is 2. The van der Waals surface area contributed by atoms with Gasteiger partial charge in [0.25, 0.3) is 5.91 Å². The van der Waals surface area contributed by atoms with E-state index in [4.69, 9.17) is 9.47 Å². The van der Waals surface area contributed by atoms with Crippen molar-refractivity contribution >= 4 is 35.0 Å². The molecule has 31 heavy (non-hydrogen) atoms. The molecule has 3 aromatic rings. The molecular formula is C24H22N2O4S. The summed E-state index contributed by atoms with van der Waals surface area (Å²) in [6, 6.07) is 20.2. The number of carbonyl (C=O) groups is 2. The molecule has 1 aliphatic heterocycles. The summed E-state index contributed by atoms with van der Waals surface area (Å²) in [5, 5.41) is 5.50. The van der Waals surface area contributed by atoms with E-state index in [-0.39, 0.29) is 23.9 Å². The van der Waals surface area contributed by atoms with Crippen molar-refractivity contribution in [1.82, 2.24) is 0 Å². The van der Waals surface area contributed by atoms with Crippen molar-refractivity contribution in [3.8, 4) is 11.5 Å². The van der Waals surface area contributed by atoms with Crippen molar-refractivity contribution in [1.29, 1.82) is 0 Å². The van der Waals surface area contributed by atoms with Gasteiger partial charge < -0.3 is 20.1 Å². The van der Waals surface area contributed by atoms with E-state index in [0.29, 0.717) is 28.4 Å². The molecular weight excluding hydrogens is 412 g/mol. The Bertz CT molecular complexity index is 1110. The topological polar surface area (TPSA) is 76.7 Å².